The molecular weight excluding hydrogens is 271 g/mol. The lowest BCUT2D eigenvalue weighted by Gasteiger charge is -2.09. The van der Waals surface area contributed by atoms with Crippen molar-refractivity contribution in [2.75, 3.05) is 7.05 Å². The minimum atomic E-state index is -0.726. The van der Waals surface area contributed by atoms with Crippen LogP contribution in [0.3, 0.4) is 0 Å². The number of phenols is 2. The Kier molecular flexibility index (Phi) is 4.03. The molecule has 1 rings (SSSR count). The molecule has 0 spiro atoms. The lowest BCUT2D eigenvalue weighted by Crippen LogP contribution is -2.28. The standard InChI is InChI=1S/C9H8Cl2N2O4/c1-12-9(16)6(13-17)3-2-4(10)7(14)8(15)5(3)11/h2,14-15,17H,1H3,(H,12,16). The van der Waals surface area contributed by atoms with E-state index in [2.05, 4.69) is 10.5 Å². The van der Waals surface area contributed by atoms with Crippen molar-refractivity contribution < 1.29 is 20.2 Å². The van der Waals surface area contributed by atoms with Gasteiger partial charge in [0, 0.05) is 12.6 Å². The molecular formula is C9H8Cl2N2O4. The van der Waals surface area contributed by atoms with Crippen LogP contribution in [-0.4, -0.2) is 34.1 Å². The van der Waals surface area contributed by atoms with Crippen LogP contribution in [0.1, 0.15) is 5.56 Å². The fraction of sp³-hybridized carbons (Fsp3) is 0.111. The summed E-state index contributed by atoms with van der Waals surface area (Å²) in [4.78, 5) is 11.4. The van der Waals surface area contributed by atoms with E-state index in [1.54, 1.807) is 0 Å². The summed E-state index contributed by atoms with van der Waals surface area (Å²) in [7, 11) is 1.32. The van der Waals surface area contributed by atoms with Crippen LogP contribution in [-0.2, 0) is 4.79 Å². The molecule has 0 fully saturated rings. The Hall–Kier alpha value is -1.66. The molecule has 0 atom stereocenters. The minimum Gasteiger partial charge on any atom is -0.503 e. The van der Waals surface area contributed by atoms with Crippen molar-refractivity contribution in [1.29, 1.82) is 0 Å². The van der Waals surface area contributed by atoms with Gasteiger partial charge in [0.25, 0.3) is 5.91 Å². The van der Waals surface area contributed by atoms with E-state index in [9.17, 15) is 15.0 Å². The number of phenolic OH excluding ortho intramolecular Hbond substituents is 2. The summed E-state index contributed by atoms with van der Waals surface area (Å²) in [5, 5.41) is 31.9. The zero-order chi connectivity index (χ0) is 13.2. The van der Waals surface area contributed by atoms with E-state index in [1.165, 1.54) is 7.05 Å². The number of benzene rings is 1. The number of rotatable bonds is 2. The predicted octanol–water partition coefficient (Wildman–Crippen LogP) is 1.33. The highest BCUT2D eigenvalue weighted by Crippen LogP contribution is 2.41. The summed E-state index contributed by atoms with van der Waals surface area (Å²) in [5.74, 6) is -2.04. The van der Waals surface area contributed by atoms with Gasteiger partial charge >= 0.3 is 0 Å². The number of likely N-dealkylation sites (N-methyl/N-ethyl adjacent to an activating group) is 1. The molecule has 1 aromatic carbocycles. The Morgan fingerprint density at radius 2 is 1.94 bits per heavy atom. The third-order valence-corrected chi connectivity index (χ3v) is 2.63. The molecule has 1 aromatic rings. The maximum atomic E-state index is 11.4. The highest BCUT2D eigenvalue weighted by atomic mass is 35.5. The molecule has 4 N–H and O–H groups in total. The Labute approximate surface area is 106 Å². The van der Waals surface area contributed by atoms with Crippen molar-refractivity contribution in [3.63, 3.8) is 0 Å². The summed E-state index contributed by atoms with van der Waals surface area (Å²) in [6.45, 7) is 0. The largest absolute Gasteiger partial charge is 0.503 e. The van der Waals surface area contributed by atoms with E-state index in [0.717, 1.165) is 6.07 Å². The monoisotopic (exact) mass is 278 g/mol. The fourth-order valence-corrected chi connectivity index (χ4v) is 1.55. The number of oxime groups is 1. The Morgan fingerprint density at radius 3 is 2.41 bits per heavy atom. The summed E-state index contributed by atoms with van der Waals surface area (Å²) >= 11 is 11.3. The van der Waals surface area contributed by atoms with Crippen molar-refractivity contribution in [2.45, 2.75) is 0 Å². The van der Waals surface area contributed by atoms with Gasteiger partial charge in [-0.2, -0.15) is 0 Å². The zero-order valence-electron chi connectivity index (χ0n) is 8.53. The van der Waals surface area contributed by atoms with Crippen molar-refractivity contribution in [3.8, 4) is 11.5 Å². The molecule has 0 aliphatic heterocycles. The highest BCUT2D eigenvalue weighted by molar-refractivity contribution is 6.50. The van der Waals surface area contributed by atoms with Crippen LogP contribution in [0.5, 0.6) is 11.5 Å². The number of nitrogens with zero attached hydrogens (tertiary/aromatic N) is 1. The molecule has 0 saturated carbocycles. The van der Waals surface area contributed by atoms with Gasteiger partial charge in [0.1, 0.15) is 0 Å². The van der Waals surface area contributed by atoms with Gasteiger partial charge in [-0.15, -0.1) is 0 Å². The van der Waals surface area contributed by atoms with Gasteiger partial charge in [-0.05, 0) is 6.07 Å². The van der Waals surface area contributed by atoms with Crippen LogP contribution in [0.15, 0.2) is 11.2 Å². The maximum Gasteiger partial charge on any atom is 0.273 e. The van der Waals surface area contributed by atoms with E-state index in [4.69, 9.17) is 28.4 Å². The number of nitrogens with one attached hydrogen (secondary N) is 1. The van der Waals surface area contributed by atoms with E-state index >= 15 is 0 Å². The van der Waals surface area contributed by atoms with Gasteiger partial charge in [-0.1, -0.05) is 28.4 Å². The zero-order valence-corrected chi connectivity index (χ0v) is 10.0. The second-order valence-corrected chi connectivity index (χ2v) is 3.73. The first-order valence-corrected chi connectivity index (χ1v) is 5.04. The van der Waals surface area contributed by atoms with Gasteiger partial charge in [0.05, 0.1) is 10.0 Å². The lowest BCUT2D eigenvalue weighted by atomic mass is 10.1. The topological polar surface area (TPSA) is 102 Å². The highest BCUT2D eigenvalue weighted by Gasteiger charge is 2.22. The van der Waals surface area contributed by atoms with Crippen molar-refractivity contribution in [2.24, 2.45) is 5.16 Å². The van der Waals surface area contributed by atoms with E-state index in [1.807, 2.05) is 0 Å². The fourth-order valence-electron chi connectivity index (χ4n) is 1.12. The van der Waals surface area contributed by atoms with Crippen LogP contribution >= 0.6 is 23.2 Å². The molecule has 0 bridgehead atoms. The van der Waals surface area contributed by atoms with Gasteiger partial charge in [0.15, 0.2) is 17.2 Å². The van der Waals surface area contributed by atoms with Crippen LogP contribution in [0.25, 0.3) is 0 Å². The molecule has 17 heavy (non-hydrogen) atoms. The number of hydrogen-bond donors (Lipinski definition) is 4. The molecule has 0 unspecified atom stereocenters. The van der Waals surface area contributed by atoms with Crippen LogP contribution in [0, 0.1) is 0 Å². The van der Waals surface area contributed by atoms with Crippen molar-refractivity contribution in [1.82, 2.24) is 5.32 Å². The minimum absolute atomic E-state index is 0.103. The molecule has 8 heteroatoms. The number of halogens is 2. The number of aromatic hydroxyl groups is 2. The Morgan fingerprint density at radius 1 is 1.35 bits per heavy atom. The Balaban J connectivity index is 3.47. The second kappa shape index (κ2) is 5.11. The normalized spacial score (nSPS) is 11.4. The van der Waals surface area contributed by atoms with Crippen molar-refractivity contribution in [3.05, 3.63) is 21.7 Å². The van der Waals surface area contributed by atoms with Gasteiger partial charge in [0.2, 0.25) is 0 Å². The molecule has 92 valence electrons. The number of carbonyl (C=O) groups is 1. The number of carbonyl (C=O) groups excluding carboxylic acids is 1. The average molecular weight is 279 g/mol. The van der Waals surface area contributed by atoms with Gasteiger partial charge < -0.3 is 20.7 Å². The first kappa shape index (κ1) is 13.4. The first-order chi connectivity index (χ1) is 7.93. The number of hydrogen-bond acceptors (Lipinski definition) is 5. The first-order valence-electron chi connectivity index (χ1n) is 4.28. The van der Waals surface area contributed by atoms with Gasteiger partial charge in [-0.3, -0.25) is 4.79 Å². The van der Waals surface area contributed by atoms with Crippen molar-refractivity contribution >= 4 is 34.8 Å². The molecule has 6 nitrogen and oxygen atoms in total. The summed E-state index contributed by atoms with van der Waals surface area (Å²) in [6.07, 6.45) is 0. The van der Waals surface area contributed by atoms with E-state index in [0.29, 0.717) is 0 Å². The third kappa shape index (κ3) is 2.37. The second-order valence-electron chi connectivity index (χ2n) is 2.94. The molecule has 0 aliphatic carbocycles. The lowest BCUT2D eigenvalue weighted by molar-refractivity contribution is -0.114. The maximum absolute atomic E-state index is 11.4. The van der Waals surface area contributed by atoms with E-state index in [-0.39, 0.29) is 15.6 Å². The quantitative estimate of drug-likeness (QED) is 0.284. The molecule has 0 aliphatic rings. The summed E-state index contributed by atoms with van der Waals surface area (Å²) in [6, 6.07) is 1.10. The Bertz CT molecular complexity index is 502. The molecule has 0 aromatic heterocycles. The predicted molar refractivity (Wildman–Crippen MR) is 62.2 cm³/mol. The summed E-state index contributed by atoms with van der Waals surface area (Å²) in [5.41, 5.74) is -0.538. The SMILES string of the molecule is CNC(=O)C(=NO)c1cc(Cl)c(O)c(O)c1Cl. The smallest absolute Gasteiger partial charge is 0.273 e. The molecule has 0 heterocycles. The van der Waals surface area contributed by atoms with Crippen LogP contribution < -0.4 is 5.32 Å². The van der Waals surface area contributed by atoms with Crippen LogP contribution in [0.2, 0.25) is 10.0 Å². The average Bonchev–Trinajstić information content (AvgIpc) is 2.33. The van der Waals surface area contributed by atoms with E-state index < -0.39 is 23.1 Å². The van der Waals surface area contributed by atoms with Gasteiger partial charge in [-0.25, -0.2) is 0 Å². The molecule has 0 radical (unpaired) electrons. The van der Waals surface area contributed by atoms with Crippen LogP contribution in [0.4, 0.5) is 0 Å². The molecule has 1 amide bonds. The molecule has 0 saturated heterocycles. The third-order valence-electron chi connectivity index (χ3n) is 1.96. The summed E-state index contributed by atoms with van der Waals surface area (Å²) < 4.78 is 0. The number of amides is 1.